The van der Waals surface area contributed by atoms with E-state index in [1.54, 1.807) is 0 Å². The van der Waals surface area contributed by atoms with Crippen LogP contribution in [0.25, 0.3) is 0 Å². The molecule has 0 atom stereocenters. The van der Waals surface area contributed by atoms with Gasteiger partial charge in [-0.15, -0.1) is 0 Å². The summed E-state index contributed by atoms with van der Waals surface area (Å²) in [5.41, 5.74) is 0. The molecule has 0 aliphatic carbocycles. The number of carboxylic acids is 1. The Balaban J connectivity index is 2.46. The van der Waals surface area contributed by atoms with Gasteiger partial charge in [0.15, 0.2) is 5.88 Å². The van der Waals surface area contributed by atoms with Gasteiger partial charge >= 0.3 is 5.97 Å². The standard InChI is InChI=1S/C12H19NO3/c1-3-4-9-13(2)11-7-5-10(16-11)6-8-12(14)15/h5,7H,3-4,6,8-9H2,1-2H3,(H,14,15). The van der Waals surface area contributed by atoms with Crippen LogP contribution in [-0.2, 0) is 11.2 Å². The summed E-state index contributed by atoms with van der Waals surface area (Å²) in [5.74, 6) is 0.756. The molecule has 90 valence electrons. The third-order valence-electron chi connectivity index (χ3n) is 2.46. The summed E-state index contributed by atoms with van der Waals surface area (Å²) in [6.07, 6.45) is 2.85. The molecule has 0 saturated carbocycles. The predicted molar refractivity (Wildman–Crippen MR) is 62.8 cm³/mol. The fourth-order valence-electron chi connectivity index (χ4n) is 1.44. The molecule has 0 amide bonds. The van der Waals surface area contributed by atoms with E-state index in [1.165, 1.54) is 0 Å². The van der Waals surface area contributed by atoms with Crippen molar-refractivity contribution >= 4 is 11.9 Å². The Bertz CT molecular complexity index is 333. The molecule has 1 aromatic heterocycles. The molecule has 0 bridgehead atoms. The number of aryl methyl sites for hydroxylation is 1. The van der Waals surface area contributed by atoms with E-state index in [4.69, 9.17) is 9.52 Å². The minimum absolute atomic E-state index is 0.117. The number of furan rings is 1. The quantitative estimate of drug-likeness (QED) is 0.774. The third kappa shape index (κ3) is 3.96. The van der Waals surface area contributed by atoms with Gasteiger partial charge in [0.2, 0.25) is 0 Å². The van der Waals surface area contributed by atoms with Crippen molar-refractivity contribution in [3.8, 4) is 0 Å². The summed E-state index contributed by atoms with van der Waals surface area (Å²) in [6, 6.07) is 3.74. The van der Waals surface area contributed by atoms with Crippen LogP contribution in [0, 0.1) is 0 Å². The number of aliphatic carboxylic acids is 1. The molecule has 1 heterocycles. The molecule has 0 aliphatic heterocycles. The molecule has 0 spiro atoms. The zero-order chi connectivity index (χ0) is 12.0. The van der Waals surface area contributed by atoms with Crippen molar-refractivity contribution in [3.63, 3.8) is 0 Å². The molecule has 0 aliphatic rings. The van der Waals surface area contributed by atoms with Crippen LogP contribution in [-0.4, -0.2) is 24.7 Å². The van der Waals surface area contributed by atoms with Crippen molar-refractivity contribution in [2.24, 2.45) is 0 Å². The Morgan fingerprint density at radius 1 is 1.50 bits per heavy atom. The van der Waals surface area contributed by atoms with E-state index in [0.717, 1.165) is 31.0 Å². The van der Waals surface area contributed by atoms with Gasteiger partial charge in [0, 0.05) is 26.1 Å². The number of nitrogens with zero attached hydrogens (tertiary/aromatic N) is 1. The number of unbranched alkanes of at least 4 members (excludes halogenated alkanes) is 1. The lowest BCUT2D eigenvalue weighted by Gasteiger charge is -2.14. The highest BCUT2D eigenvalue weighted by Crippen LogP contribution is 2.18. The van der Waals surface area contributed by atoms with E-state index in [9.17, 15) is 4.79 Å². The number of rotatable bonds is 7. The number of anilines is 1. The maximum Gasteiger partial charge on any atom is 0.303 e. The van der Waals surface area contributed by atoms with E-state index >= 15 is 0 Å². The van der Waals surface area contributed by atoms with Crippen LogP contribution in [0.4, 0.5) is 5.88 Å². The van der Waals surface area contributed by atoms with Gasteiger partial charge in [-0.25, -0.2) is 0 Å². The smallest absolute Gasteiger partial charge is 0.303 e. The van der Waals surface area contributed by atoms with E-state index in [2.05, 4.69) is 6.92 Å². The third-order valence-corrected chi connectivity index (χ3v) is 2.46. The van der Waals surface area contributed by atoms with E-state index in [1.807, 2.05) is 24.1 Å². The summed E-state index contributed by atoms with van der Waals surface area (Å²) < 4.78 is 5.56. The van der Waals surface area contributed by atoms with E-state index in [0.29, 0.717) is 6.42 Å². The molecular weight excluding hydrogens is 206 g/mol. The molecule has 1 N–H and O–H groups in total. The average molecular weight is 225 g/mol. The van der Waals surface area contributed by atoms with Gasteiger partial charge < -0.3 is 14.4 Å². The molecule has 0 fully saturated rings. The molecule has 0 radical (unpaired) electrons. The molecule has 4 heteroatoms. The maximum atomic E-state index is 10.4. The fraction of sp³-hybridized carbons (Fsp3) is 0.583. The van der Waals surface area contributed by atoms with E-state index < -0.39 is 5.97 Å². The predicted octanol–water partition coefficient (Wildman–Crippen LogP) is 2.53. The second kappa shape index (κ2) is 6.20. The molecule has 1 rings (SSSR count). The topological polar surface area (TPSA) is 53.7 Å². The first-order valence-corrected chi connectivity index (χ1v) is 5.65. The summed E-state index contributed by atoms with van der Waals surface area (Å²) in [7, 11) is 1.98. The van der Waals surface area contributed by atoms with Crippen LogP contribution in [0.15, 0.2) is 16.5 Å². The van der Waals surface area contributed by atoms with Crippen molar-refractivity contribution in [3.05, 3.63) is 17.9 Å². The summed E-state index contributed by atoms with van der Waals surface area (Å²) in [4.78, 5) is 12.5. The lowest BCUT2D eigenvalue weighted by atomic mass is 10.2. The second-order valence-corrected chi connectivity index (χ2v) is 3.91. The highest BCUT2D eigenvalue weighted by atomic mass is 16.4. The number of hydrogen-bond donors (Lipinski definition) is 1. The first-order valence-electron chi connectivity index (χ1n) is 5.65. The van der Waals surface area contributed by atoms with Crippen molar-refractivity contribution in [1.29, 1.82) is 0 Å². The van der Waals surface area contributed by atoms with Gasteiger partial charge in [-0.1, -0.05) is 13.3 Å². The lowest BCUT2D eigenvalue weighted by molar-refractivity contribution is -0.137. The molecule has 0 unspecified atom stereocenters. The number of carboxylic acid groups (broad SMARTS) is 1. The summed E-state index contributed by atoms with van der Waals surface area (Å²) >= 11 is 0. The van der Waals surface area contributed by atoms with Gasteiger partial charge in [-0.3, -0.25) is 4.79 Å². The first-order chi connectivity index (χ1) is 7.63. The molecule has 0 saturated heterocycles. The fourth-order valence-corrected chi connectivity index (χ4v) is 1.44. The molecule has 16 heavy (non-hydrogen) atoms. The van der Waals surface area contributed by atoms with Gasteiger partial charge in [0.1, 0.15) is 5.76 Å². The van der Waals surface area contributed by atoms with Crippen LogP contribution in [0.2, 0.25) is 0 Å². The van der Waals surface area contributed by atoms with Crippen molar-refractivity contribution in [2.75, 3.05) is 18.5 Å². The average Bonchev–Trinajstić information content (AvgIpc) is 2.71. The lowest BCUT2D eigenvalue weighted by Crippen LogP contribution is -2.17. The zero-order valence-corrected chi connectivity index (χ0v) is 9.90. The van der Waals surface area contributed by atoms with Crippen LogP contribution in [0.3, 0.4) is 0 Å². The highest BCUT2D eigenvalue weighted by molar-refractivity contribution is 5.66. The maximum absolute atomic E-state index is 10.4. The highest BCUT2D eigenvalue weighted by Gasteiger charge is 2.07. The van der Waals surface area contributed by atoms with E-state index in [-0.39, 0.29) is 6.42 Å². The summed E-state index contributed by atoms with van der Waals surface area (Å²) in [6.45, 7) is 3.11. The SMILES string of the molecule is CCCCN(C)c1ccc(CCC(=O)O)o1. The Morgan fingerprint density at radius 3 is 2.88 bits per heavy atom. The van der Waals surface area contributed by atoms with Crippen molar-refractivity contribution in [2.45, 2.75) is 32.6 Å². The van der Waals surface area contributed by atoms with Crippen LogP contribution in [0.1, 0.15) is 31.9 Å². The molecule has 4 nitrogen and oxygen atoms in total. The Hall–Kier alpha value is -1.45. The zero-order valence-electron chi connectivity index (χ0n) is 9.90. The Kier molecular flexibility index (Phi) is 4.89. The minimum Gasteiger partial charge on any atom is -0.481 e. The van der Waals surface area contributed by atoms with Gasteiger partial charge in [0.05, 0.1) is 6.42 Å². The number of carbonyl (C=O) groups is 1. The normalized spacial score (nSPS) is 10.4. The van der Waals surface area contributed by atoms with Gasteiger partial charge in [-0.2, -0.15) is 0 Å². The first kappa shape index (κ1) is 12.6. The van der Waals surface area contributed by atoms with Gasteiger partial charge in [0.25, 0.3) is 0 Å². The Morgan fingerprint density at radius 2 is 2.25 bits per heavy atom. The van der Waals surface area contributed by atoms with Crippen molar-refractivity contribution < 1.29 is 14.3 Å². The van der Waals surface area contributed by atoms with Crippen LogP contribution < -0.4 is 4.90 Å². The van der Waals surface area contributed by atoms with Crippen LogP contribution in [0.5, 0.6) is 0 Å². The number of hydrogen-bond acceptors (Lipinski definition) is 3. The molecule has 1 aromatic rings. The van der Waals surface area contributed by atoms with Gasteiger partial charge in [-0.05, 0) is 12.5 Å². The largest absolute Gasteiger partial charge is 0.481 e. The second-order valence-electron chi connectivity index (χ2n) is 3.91. The molecule has 0 aromatic carbocycles. The minimum atomic E-state index is -0.794. The monoisotopic (exact) mass is 225 g/mol. The summed E-state index contributed by atoms with van der Waals surface area (Å²) in [5, 5.41) is 8.55. The van der Waals surface area contributed by atoms with Crippen LogP contribution >= 0.6 is 0 Å². The Labute approximate surface area is 95.9 Å². The molecular formula is C12H19NO3. The van der Waals surface area contributed by atoms with Crippen molar-refractivity contribution in [1.82, 2.24) is 0 Å².